The SMILES string of the molecule is Cc1cc2[nH]c(CN)cc2c(O)c1Br. The summed E-state index contributed by atoms with van der Waals surface area (Å²) in [5.41, 5.74) is 8.36. The van der Waals surface area contributed by atoms with Crippen molar-refractivity contribution in [3.05, 3.63) is 27.9 Å². The third-order valence-electron chi connectivity index (χ3n) is 2.29. The fraction of sp³-hybridized carbons (Fsp3) is 0.200. The largest absolute Gasteiger partial charge is 0.506 e. The summed E-state index contributed by atoms with van der Waals surface area (Å²) in [5.74, 6) is 0.274. The molecule has 0 atom stereocenters. The van der Waals surface area contributed by atoms with Gasteiger partial charge in [0.15, 0.2) is 0 Å². The molecule has 0 aliphatic rings. The molecule has 1 aromatic carbocycles. The molecule has 2 aromatic rings. The van der Waals surface area contributed by atoms with E-state index in [0.29, 0.717) is 6.54 Å². The van der Waals surface area contributed by atoms with Crippen LogP contribution >= 0.6 is 15.9 Å². The van der Waals surface area contributed by atoms with Gasteiger partial charge in [-0.1, -0.05) is 0 Å². The highest BCUT2D eigenvalue weighted by Gasteiger charge is 2.09. The van der Waals surface area contributed by atoms with E-state index >= 15 is 0 Å². The van der Waals surface area contributed by atoms with E-state index in [0.717, 1.165) is 26.6 Å². The number of aryl methyl sites for hydroxylation is 1. The van der Waals surface area contributed by atoms with E-state index in [4.69, 9.17) is 5.73 Å². The van der Waals surface area contributed by atoms with Gasteiger partial charge in [-0.15, -0.1) is 0 Å². The van der Waals surface area contributed by atoms with Gasteiger partial charge in [-0.05, 0) is 40.5 Å². The molecule has 1 heterocycles. The molecule has 0 aliphatic carbocycles. The molecular formula is C10H11BrN2O. The molecule has 4 heteroatoms. The first-order chi connectivity index (χ1) is 6.63. The number of aromatic nitrogens is 1. The topological polar surface area (TPSA) is 62.0 Å². The van der Waals surface area contributed by atoms with E-state index in [1.807, 2.05) is 19.1 Å². The molecular weight excluding hydrogens is 244 g/mol. The summed E-state index contributed by atoms with van der Waals surface area (Å²) >= 11 is 3.34. The number of phenols is 1. The number of halogens is 1. The average molecular weight is 255 g/mol. The van der Waals surface area contributed by atoms with Gasteiger partial charge in [0, 0.05) is 23.1 Å². The summed E-state index contributed by atoms with van der Waals surface area (Å²) in [4.78, 5) is 3.15. The zero-order chi connectivity index (χ0) is 10.3. The first-order valence-electron chi connectivity index (χ1n) is 4.33. The van der Waals surface area contributed by atoms with Crippen LogP contribution < -0.4 is 5.73 Å². The first-order valence-corrected chi connectivity index (χ1v) is 5.12. The zero-order valence-corrected chi connectivity index (χ0v) is 9.35. The van der Waals surface area contributed by atoms with Crippen molar-refractivity contribution in [1.82, 2.24) is 4.98 Å². The van der Waals surface area contributed by atoms with Gasteiger partial charge in [-0.3, -0.25) is 0 Å². The molecule has 14 heavy (non-hydrogen) atoms. The van der Waals surface area contributed by atoms with Crippen LogP contribution in [-0.2, 0) is 6.54 Å². The lowest BCUT2D eigenvalue weighted by atomic mass is 10.1. The fourth-order valence-electron chi connectivity index (χ4n) is 1.53. The summed E-state index contributed by atoms with van der Waals surface area (Å²) in [6.07, 6.45) is 0. The number of nitrogens with one attached hydrogen (secondary N) is 1. The second kappa shape index (κ2) is 3.29. The minimum atomic E-state index is 0.274. The van der Waals surface area contributed by atoms with Crippen molar-refractivity contribution in [3.63, 3.8) is 0 Å². The fourth-order valence-corrected chi connectivity index (χ4v) is 1.86. The van der Waals surface area contributed by atoms with Crippen molar-refractivity contribution >= 4 is 26.8 Å². The standard InChI is InChI=1S/C10H11BrN2O/c1-5-2-8-7(10(14)9(5)11)3-6(4-12)13-8/h2-3,13-14H,4,12H2,1H3. The summed E-state index contributed by atoms with van der Waals surface area (Å²) in [6, 6.07) is 3.85. The molecule has 0 bridgehead atoms. The van der Waals surface area contributed by atoms with Crippen molar-refractivity contribution in [2.75, 3.05) is 0 Å². The molecule has 0 radical (unpaired) electrons. The van der Waals surface area contributed by atoms with Gasteiger partial charge in [0.1, 0.15) is 5.75 Å². The molecule has 0 fully saturated rings. The maximum atomic E-state index is 9.84. The van der Waals surface area contributed by atoms with Crippen LogP contribution in [0, 0.1) is 6.92 Å². The number of rotatable bonds is 1. The molecule has 4 N–H and O–H groups in total. The molecule has 0 spiro atoms. The predicted molar refractivity (Wildman–Crippen MR) is 60.3 cm³/mol. The molecule has 74 valence electrons. The Labute approximate surface area is 90.1 Å². The van der Waals surface area contributed by atoms with Gasteiger partial charge in [-0.25, -0.2) is 0 Å². The monoisotopic (exact) mass is 254 g/mol. The van der Waals surface area contributed by atoms with Crippen LogP contribution in [0.25, 0.3) is 10.9 Å². The Bertz CT molecular complexity index is 490. The van der Waals surface area contributed by atoms with Crippen molar-refractivity contribution in [2.24, 2.45) is 5.73 Å². The molecule has 1 aromatic heterocycles. The summed E-state index contributed by atoms with van der Waals surface area (Å²) in [6.45, 7) is 2.39. The summed E-state index contributed by atoms with van der Waals surface area (Å²) in [7, 11) is 0. The number of aromatic hydroxyl groups is 1. The number of hydrogen-bond acceptors (Lipinski definition) is 2. The number of H-pyrrole nitrogens is 1. The lowest BCUT2D eigenvalue weighted by Gasteiger charge is -2.02. The number of hydrogen-bond donors (Lipinski definition) is 3. The van der Waals surface area contributed by atoms with Crippen molar-refractivity contribution in [3.8, 4) is 5.75 Å². The Morgan fingerprint density at radius 1 is 1.50 bits per heavy atom. The van der Waals surface area contributed by atoms with E-state index in [-0.39, 0.29) is 5.75 Å². The molecule has 3 nitrogen and oxygen atoms in total. The molecule has 0 saturated heterocycles. The number of benzene rings is 1. The van der Waals surface area contributed by atoms with Gasteiger partial charge in [0.25, 0.3) is 0 Å². The highest BCUT2D eigenvalue weighted by Crippen LogP contribution is 2.35. The number of phenolic OH excluding ortho intramolecular Hbond substituents is 1. The Morgan fingerprint density at radius 2 is 2.21 bits per heavy atom. The Kier molecular flexibility index (Phi) is 2.25. The van der Waals surface area contributed by atoms with Gasteiger partial charge in [0.05, 0.1) is 4.47 Å². The van der Waals surface area contributed by atoms with Gasteiger partial charge >= 0.3 is 0 Å². The Balaban J connectivity index is 2.81. The first kappa shape index (κ1) is 9.55. The molecule has 0 saturated carbocycles. The van der Waals surface area contributed by atoms with Crippen LogP contribution in [-0.4, -0.2) is 10.1 Å². The minimum absolute atomic E-state index is 0.274. The average Bonchev–Trinajstić information content (AvgIpc) is 2.57. The summed E-state index contributed by atoms with van der Waals surface area (Å²) < 4.78 is 0.743. The van der Waals surface area contributed by atoms with Crippen molar-refractivity contribution in [1.29, 1.82) is 0 Å². The molecule has 0 amide bonds. The third kappa shape index (κ3) is 1.31. The second-order valence-corrected chi connectivity index (χ2v) is 4.11. The molecule has 0 aliphatic heterocycles. The van der Waals surface area contributed by atoms with Gasteiger partial charge < -0.3 is 15.8 Å². The maximum absolute atomic E-state index is 9.84. The number of fused-ring (bicyclic) bond motifs is 1. The lowest BCUT2D eigenvalue weighted by molar-refractivity contribution is 0.478. The van der Waals surface area contributed by atoms with Crippen LogP contribution in [0.1, 0.15) is 11.3 Å². The third-order valence-corrected chi connectivity index (χ3v) is 3.29. The maximum Gasteiger partial charge on any atom is 0.139 e. The van der Waals surface area contributed by atoms with E-state index in [1.165, 1.54) is 0 Å². The van der Waals surface area contributed by atoms with E-state index in [1.54, 1.807) is 0 Å². The molecule has 0 unspecified atom stereocenters. The van der Waals surface area contributed by atoms with Crippen LogP contribution in [0.5, 0.6) is 5.75 Å². The van der Waals surface area contributed by atoms with Crippen LogP contribution in [0.3, 0.4) is 0 Å². The minimum Gasteiger partial charge on any atom is -0.506 e. The van der Waals surface area contributed by atoms with E-state index in [2.05, 4.69) is 20.9 Å². The van der Waals surface area contributed by atoms with E-state index in [9.17, 15) is 5.11 Å². The Hall–Kier alpha value is -1.00. The smallest absolute Gasteiger partial charge is 0.139 e. The van der Waals surface area contributed by atoms with Crippen molar-refractivity contribution in [2.45, 2.75) is 13.5 Å². The highest BCUT2D eigenvalue weighted by atomic mass is 79.9. The number of aromatic amines is 1. The zero-order valence-electron chi connectivity index (χ0n) is 7.76. The number of nitrogens with two attached hydrogens (primary N) is 1. The van der Waals surface area contributed by atoms with Gasteiger partial charge in [-0.2, -0.15) is 0 Å². The predicted octanol–water partition coefficient (Wildman–Crippen LogP) is 2.40. The normalized spacial score (nSPS) is 11.1. The second-order valence-electron chi connectivity index (χ2n) is 3.32. The Morgan fingerprint density at radius 3 is 2.86 bits per heavy atom. The quantitative estimate of drug-likeness (QED) is 0.732. The van der Waals surface area contributed by atoms with Crippen LogP contribution in [0.4, 0.5) is 0 Å². The summed E-state index contributed by atoms with van der Waals surface area (Å²) in [5, 5.41) is 10.6. The van der Waals surface area contributed by atoms with Crippen molar-refractivity contribution < 1.29 is 5.11 Å². The lowest BCUT2D eigenvalue weighted by Crippen LogP contribution is -1.94. The van der Waals surface area contributed by atoms with E-state index < -0.39 is 0 Å². The highest BCUT2D eigenvalue weighted by molar-refractivity contribution is 9.10. The van der Waals surface area contributed by atoms with Gasteiger partial charge in [0.2, 0.25) is 0 Å². The van der Waals surface area contributed by atoms with Crippen LogP contribution in [0.2, 0.25) is 0 Å². The van der Waals surface area contributed by atoms with Crippen LogP contribution in [0.15, 0.2) is 16.6 Å². The molecule has 2 rings (SSSR count).